The zero-order valence-corrected chi connectivity index (χ0v) is 17.6. The van der Waals surface area contributed by atoms with Gasteiger partial charge < -0.3 is 14.2 Å². The highest BCUT2D eigenvalue weighted by Crippen LogP contribution is 2.58. The fraction of sp³-hybridized carbons (Fsp3) is 0.955. The molecule has 0 saturated heterocycles. The number of methoxy groups -OCH3 is 1. The van der Waals surface area contributed by atoms with Crippen LogP contribution in [0.15, 0.2) is 0 Å². The molecule has 26 heavy (non-hydrogen) atoms. The minimum atomic E-state index is 0.0212. The molecule has 0 aromatic rings. The fourth-order valence-electron chi connectivity index (χ4n) is 5.46. The molecule has 5 atom stereocenters. The van der Waals surface area contributed by atoms with Gasteiger partial charge in [0.05, 0.1) is 19.3 Å². The third-order valence-corrected chi connectivity index (χ3v) is 6.83. The van der Waals surface area contributed by atoms with Crippen molar-refractivity contribution < 1.29 is 19.0 Å². The second kappa shape index (κ2) is 10.2. The Bertz CT molecular complexity index is 436. The third kappa shape index (κ3) is 5.30. The summed E-state index contributed by atoms with van der Waals surface area (Å²) in [5.74, 6) is 2.46. The summed E-state index contributed by atoms with van der Waals surface area (Å²) in [6.07, 6.45) is 7.79. The lowest BCUT2D eigenvalue weighted by Gasteiger charge is -2.42. The number of carbonyl (C=O) groups excluding carboxylic acids is 1. The lowest BCUT2D eigenvalue weighted by atomic mass is 9.61. The van der Waals surface area contributed by atoms with E-state index >= 15 is 0 Å². The largest absolute Gasteiger partial charge is 0.382 e. The van der Waals surface area contributed by atoms with Crippen LogP contribution in [-0.4, -0.2) is 39.0 Å². The van der Waals surface area contributed by atoms with Crippen molar-refractivity contribution in [3.63, 3.8) is 0 Å². The molecule has 0 aromatic carbocycles. The van der Waals surface area contributed by atoms with Crippen LogP contribution in [0.3, 0.4) is 0 Å². The first-order valence-electron chi connectivity index (χ1n) is 10.6. The standard InChI is InChI=1S/C22H40O4/c1-16(2)8-6-9-17(3)18-14-20(26-15-25-13-12-24-5)21-19(23)10-7-11-22(18,21)4/h16-18,20-21H,6-15H2,1-5H3/t17-,18-,20+,21-,22-/m1/s1. The molecule has 0 amide bonds. The molecule has 0 radical (unpaired) electrons. The first-order chi connectivity index (χ1) is 12.4. The first-order valence-corrected chi connectivity index (χ1v) is 10.6. The van der Waals surface area contributed by atoms with Crippen molar-refractivity contribution in [1.82, 2.24) is 0 Å². The highest BCUT2D eigenvalue weighted by molar-refractivity contribution is 5.83. The van der Waals surface area contributed by atoms with E-state index in [0.29, 0.717) is 30.8 Å². The van der Waals surface area contributed by atoms with E-state index < -0.39 is 0 Å². The molecule has 4 heteroatoms. The van der Waals surface area contributed by atoms with Crippen molar-refractivity contribution in [3.05, 3.63) is 0 Å². The molecule has 0 N–H and O–H groups in total. The molecule has 2 aliphatic carbocycles. The Balaban J connectivity index is 1.98. The molecule has 2 fully saturated rings. The summed E-state index contributed by atoms with van der Waals surface area (Å²) in [5, 5.41) is 0. The predicted molar refractivity (Wildman–Crippen MR) is 104 cm³/mol. The zero-order valence-electron chi connectivity index (χ0n) is 17.6. The average Bonchev–Trinajstić information content (AvgIpc) is 2.88. The highest BCUT2D eigenvalue weighted by Gasteiger charge is 2.57. The van der Waals surface area contributed by atoms with Crippen molar-refractivity contribution in [2.75, 3.05) is 27.1 Å². The first kappa shape index (κ1) is 21.8. The van der Waals surface area contributed by atoms with Crippen molar-refractivity contribution in [2.45, 2.75) is 78.7 Å². The number of fused-ring (bicyclic) bond motifs is 1. The molecule has 0 aliphatic heterocycles. The van der Waals surface area contributed by atoms with Crippen LogP contribution < -0.4 is 0 Å². The van der Waals surface area contributed by atoms with Gasteiger partial charge >= 0.3 is 0 Å². The van der Waals surface area contributed by atoms with Gasteiger partial charge in [0.2, 0.25) is 0 Å². The number of ether oxygens (including phenoxy) is 3. The Hall–Kier alpha value is -0.450. The van der Waals surface area contributed by atoms with E-state index in [0.717, 1.165) is 31.6 Å². The van der Waals surface area contributed by atoms with Gasteiger partial charge in [0.1, 0.15) is 12.6 Å². The molecule has 4 nitrogen and oxygen atoms in total. The Morgan fingerprint density at radius 3 is 2.65 bits per heavy atom. The number of carbonyl (C=O) groups is 1. The van der Waals surface area contributed by atoms with Crippen LogP contribution in [0.25, 0.3) is 0 Å². The van der Waals surface area contributed by atoms with Gasteiger partial charge in [-0.15, -0.1) is 0 Å². The Labute approximate surface area is 160 Å². The minimum absolute atomic E-state index is 0.0212. The van der Waals surface area contributed by atoms with Crippen LogP contribution in [0.5, 0.6) is 0 Å². The van der Waals surface area contributed by atoms with Gasteiger partial charge in [0, 0.05) is 19.4 Å². The SMILES string of the molecule is COCCOCO[C@H]1C[C@H]([C@H](C)CCCC(C)C)[C@@]2(C)CCCC(=O)[C@H]12. The number of Topliss-reactive ketones (excluding diaryl/α,β-unsaturated/α-hetero) is 1. The van der Waals surface area contributed by atoms with E-state index in [1.807, 2.05) is 0 Å². The van der Waals surface area contributed by atoms with Crippen LogP contribution in [0.1, 0.15) is 72.6 Å². The molecule has 0 heterocycles. The topological polar surface area (TPSA) is 44.8 Å². The van der Waals surface area contributed by atoms with E-state index in [4.69, 9.17) is 14.2 Å². The molecule has 0 aromatic heterocycles. The summed E-state index contributed by atoms with van der Waals surface area (Å²) in [7, 11) is 1.67. The number of ketones is 1. The maximum Gasteiger partial charge on any atom is 0.147 e. The molecular formula is C22H40O4. The summed E-state index contributed by atoms with van der Waals surface area (Å²) in [4.78, 5) is 12.8. The van der Waals surface area contributed by atoms with Crippen molar-refractivity contribution >= 4 is 5.78 Å². The maximum atomic E-state index is 12.8. The summed E-state index contributed by atoms with van der Waals surface area (Å²) in [6.45, 7) is 10.7. The molecular weight excluding hydrogens is 328 g/mol. The van der Waals surface area contributed by atoms with Crippen molar-refractivity contribution in [3.8, 4) is 0 Å². The van der Waals surface area contributed by atoms with Crippen LogP contribution in [0.2, 0.25) is 0 Å². The second-order valence-electron chi connectivity index (χ2n) is 9.17. The molecule has 2 aliphatic rings. The number of hydrogen-bond acceptors (Lipinski definition) is 4. The monoisotopic (exact) mass is 368 g/mol. The Morgan fingerprint density at radius 2 is 1.96 bits per heavy atom. The van der Waals surface area contributed by atoms with E-state index in [2.05, 4.69) is 27.7 Å². The van der Waals surface area contributed by atoms with Crippen LogP contribution >= 0.6 is 0 Å². The van der Waals surface area contributed by atoms with Gasteiger partial charge in [-0.1, -0.05) is 47.0 Å². The smallest absolute Gasteiger partial charge is 0.147 e. The molecule has 0 spiro atoms. The summed E-state index contributed by atoms with van der Waals surface area (Å²) in [5.41, 5.74) is 0.101. The molecule has 2 saturated carbocycles. The van der Waals surface area contributed by atoms with Crippen LogP contribution in [0, 0.1) is 29.1 Å². The van der Waals surface area contributed by atoms with Crippen LogP contribution in [0.4, 0.5) is 0 Å². The van der Waals surface area contributed by atoms with Gasteiger partial charge in [-0.3, -0.25) is 4.79 Å². The van der Waals surface area contributed by atoms with Gasteiger partial charge in [-0.25, -0.2) is 0 Å². The average molecular weight is 369 g/mol. The predicted octanol–water partition coefficient (Wildman–Crippen LogP) is 4.85. The van der Waals surface area contributed by atoms with Gasteiger partial charge in [-0.05, 0) is 42.4 Å². The summed E-state index contributed by atoms with van der Waals surface area (Å²) < 4.78 is 16.6. The molecule has 152 valence electrons. The van der Waals surface area contributed by atoms with Crippen molar-refractivity contribution in [2.24, 2.45) is 29.1 Å². The minimum Gasteiger partial charge on any atom is -0.382 e. The second-order valence-corrected chi connectivity index (χ2v) is 9.17. The number of rotatable bonds is 11. The fourth-order valence-corrected chi connectivity index (χ4v) is 5.46. The number of hydrogen-bond donors (Lipinski definition) is 0. The Morgan fingerprint density at radius 1 is 1.19 bits per heavy atom. The maximum absolute atomic E-state index is 12.8. The third-order valence-electron chi connectivity index (χ3n) is 6.83. The quantitative estimate of drug-likeness (QED) is 0.386. The molecule has 2 rings (SSSR count). The normalized spacial score (nSPS) is 32.8. The van der Waals surface area contributed by atoms with E-state index in [1.54, 1.807) is 7.11 Å². The van der Waals surface area contributed by atoms with E-state index in [9.17, 15) is 4.79 Å². The van der Waals surface area contributed by atoms with E-state index in [1.165, 1.54) is 19.3 Å². The van der Waals surface area contributed by atoms with Gasteiger partial charge in [-0.2, -0.15) is 0 Å². The van der Waals surface area contributed by atoms with Gasteiger partial charge in [0.25, 0.3) is 0 Å². The summed E-state index contributed by atoms with van der Waals surface area (Å²) in [6, 6.07) is 0. The van der Waals surface area contributed by atoms with Crippen molar-refractivity contribution in [1.29, 1.82) is 0 Å². The lowest BCUT2D eigenvalue weighted by molar-refractivity contribution is -0.145. The molecule has 0 bridgehead atoms. The highest BCUT2D eigenvalue weighted by atomic mass is 16.7. The lowest BCUT2D eigenvalue weighted by Crippen LogP contribution is -2.42. The zero-order chi connectivity index (χ0) is 19.2. The molecule has 0 unspecified atom stereocenters. The van der Waals surface area contributed by atoms with E-state index in [-0.39, 0.29) is 24.2 Å². The summed E-state index contributed by atoms with van der Waals surface area (Å²) >= 11 is 0. The Kier molecular flexibility index (Phi) is 8.56. The van der Waals surface area contributed by atoms with Crippen LogP contribution in [-0.2, 0) is 19.0 Å². The van der Waals surface area contributed by atoms with Gasteiger partial charge in [0.15, 0.2) is 0 Å².